The molecule has 0 radical (unpaired) electrons. The Balaban J connectivity index is 2.17. The number of aryl methyl sites for hydroxylation is 1. The first-order valence-corrected chi connectivity index (χ1v) is 6.44. The van der Waals surface area contributed by atoms with E-state index in [2.05, 4.69) is 15.3 Å². The summed E-state index contributed by atoms with van der Waals surface area (Å²) in [6, 6.07) is 9.84. The largest absolute Gasteiger partial charge is 0.497 e. The van der Waals surface area contributed by atoms with Gasteiger partial charge in [-0.25, -0.2) is 9.97 Å². The molecule has 4 heteroatoms. The first-order valence-electron chi connectivity index (χ1n) is 6.44. The van der Waals surface area contributed by atoms with E-state index in [0.29, 0.717) is 0 Å². The standard InChI is InChI=1S/C15H19N3O/c1-16-9-4-7-15-17-10-8-14(18-15)12-5-3-6-13(11-12)19-2/h3,5-6,8,10-11,16H,4,7,9H2,1-2H3. The lowest BCUT2D eigenvalue weighted by atomic mass is 10.1. The lowest BCUT2D eigenvalue weighted by Crippen LogP contribution is -2.09. The van der Waals surface area contributed by atoms with Crippen molar-refractivity contribution in [1.82, 2.24) is 15.3 Å². The van der Waals surface area contributed by atoms with Gasteiger partial charge in [-0.05, 0) is 38.2 Å². The number of nitrogens with zero attached hydrogens (tertiary/aromatic N) is 2. The Kier molecular flexibility index (Phi) is 4.86. The number of benzene rings is 1. The summed E-state index contributed by atoms with van der Waals surface area (Å²) >= 11 is 0. The molecule has 19 heavy (non-hydrogen) atoms. The molecule has 0 spiro atoms. The Hall–Kier alpha value is -1.94. The number of rotatable bonds is 6. The van der Waals surface area contributed by atoms with Crippen molar-refractivity contribution in [3.8, 4) is 17.0 Å². The van der Waals surface area contributed by atoms with Gasteiger partial charge in [0.15, 0.2) is 0 Å². The molecule has 1 N–H and O–H groups in total. The van der Waals surface area contributed by atoms with E-state index in [1.54, 1.807) is 7.11 Å². The molecule has 100 valence electrons. The molecule has 0 fully saturated rings. The summed E-state index contributed by atoms with van der Waals surface area (Å²) in [7, 11) is 3.62. The maximum Gasteiger partial charge on any atom is 0.128 e. The minimum Gasteiger partial charge on any atom is -0.497 e. The molecule has 1 aromatic heterocycles. The van der Waals surface area contributed by atoms with E-state index in [9.17, 15) is 0 Å². The number of nitrogens with one attached hydrogen (secondary N) is 1. The molecular weight excluding hydrogens is 238 g/mol. The molecule has 0 saturated heterocycles. The normalized spacial score (nSPS) is 10.4. The summed E-state index contributed by atoms with van der Waals surface area (Å²) in [6.45, 7) is 0.979. The summed E-state index contributed by atoms with van der Waals surface area (Å²) in [4.78, 5) is 8.90. The molecule has 1 heterocycles. The van der Waals surface area contributed by atoms with Crippen LogP contribution in [0.3, 0.4) is 0 Å². The van der Waals surface area contributed by atoms with Crippen LogP contribution < -0.4 is 10.1 Å². The van der Waals surface area contributed by atoms with Gasteiger partial charge in [0.25, 0.3) is 0 Å². The predicted octanol–water partition coefficient (Wildman–Crippen LogP) is 2.30. The lowest BCUT2D eigenvalue weighted by molar-refractivity contribution is 0.415. The molecule has 1 aromatic carbocycles. The molecule has 2 aromatic rings. The van der Waals surface area contributed by atoms with Crippen molar-refractivity contribution in [2.75, 3.05) is 20.7 Å². The van der Waals surface area contributed by atoms with Gasteiger partial charge in [-0.2, -0.15) is 0 Å². The van der Waals surface area contributed by atoms with Gasteiger partial charge in [0.2, 0.25) is 0 Å². The summed E-state index contributed by atoms with van der Waals surface area (Å²) in [5.41, 5.74) is 1.99. The van der Waals surface area contributed by atoms with Gasteiger partial charge >= 0.3 is 0 Å². The number of hydrogen-bond donors (Lipinski definition) is 1. The van der Waals surface area contributed by atoms with Crippen LogP contribution in [0.2, 0.25) is 0 Å². The van der Waals surface area contributed by atoms with Crippen LogP contribution >= 0.6 is 0 Å². The van der Waals surface area contributed by atoms with E-state index in [1.165, 1.54) is 0 Å². The van der Waals surface area contributed by atoms with E-state index < -0.39 is 0 Å². The lowest BCUT2D eigenvalue weighted by Gasteiger charge is -2.06. The number of ether oxygens (including phenoxy) is 1. The van der Waals surface area contributed by atoms with E-state index >= 15 is 0 Å². The van der Waals surface area contributed by atoms with Crippen LogP contribution in [0, 0.1) is 0 Å². The summed E-state index contributed by atoms with van der Waals surface area (Å²) in [5.74, 6) is 1.73. The highest BCUT2D eigenvalue weighted by Gasteiger charge is 2.03. The first kappa shape index (κ1) is 13.5. The molecule has 0 aliphatic rings. The summed E-state index contributed by atoms with van der Waals surface area (Å²) < 4.78 is 5.23. The second-order valence-corrected chi connectivity index (χ2v) is 4.30. The monoisotopic (exact) mass is 257 g/mol. The van der Waals surface area contributed by atoms with Crippen molar-refractivity contribution in [2.45, 2.75) is 12.8 Å². The minimum absolute atomic E-state index is 0.841. The second-order valence-electron chi connectivity index (χ2n) is 4.30. The minimum atomic E-state index is 0.841. The zero-order valence-electron chi connectivity index (χ0n) is 11.4. The zero-order chi connectivity index (χ0) is 13.5. The molecule has 0 aliphatic heterocycles. The number of hydrogen-bond acceptors (Lipinski definition) is 4. The smallest absolute Gasteiger partial charge is 0.128 e. The number of aromatic nitrogens is 2. The Bertz CT molecular complexity index is 528. The van der Waals surface area contributed by atoms with Crippen LogP contribution in [0.1, 0.15) is 12.2 Å². The fourth-order valence-corrected chi connectivity index (χ4v) is 1.89. The molecule has 0 saturated carbocycles. The van der Waals surface area contributed by atoms with Crippen LogP contribution in [0.15, 0.2) is 36.5 Å². The van der Waals surface area contributed by atoms with Crippen molar-refractivity contribution in [3.63, 3.8) is 0 Å². The second kappa shape index (κ2) is 6.85. The van der Waals surface area contributed by atoms with Gasteiger partial charge in [-0.15, -0.1) is 0 Å². The van der Waals surface area contributed by atoms with E-state index in [0.717, 1.165) is 42.2 Å². The van der Waals surface area contributed by atoms with Crippen molar-refractivity contribution in [1.29, 1.82) is 0 Å². The van der Waals surface area contributed by atoms with Gasteiger partial charge < -0.3 is 10.1 Å². The van der Waals surface area contributed by atoms with Crippen molar-refractivity contribution < 1.29 is 4.74 Å². The van der Waals surface area contributed by atoms with Crippen molar-refractivity contribution >= 4 is 0 Å². The van der Waals surface area contributed by atoms with Gasteiger partial charge in [0, 0.05) is 18.2 Å². The molecule has 0 unspecified atom stereocenters. The molecule has 0 atom stereocenters. The molecule has 0 amide bonds. The maximum absolute atomic E-state index is 5.23. The third-order valence-electron chi connectivity index (χ3n) is 2.90. The van der Waals surface area contributed by atoms with Crippen molar-refractivity contribution in [2.24, 2.45) is 0 Å². The third kappa shape index (κ3) is 3.76. The predicted molar refractivity (Wildman–Crippen MR) is 76.3 cm³/mol. The maximum atomic E-state index is 5.23. The highest BCUT2D eigenvalue weighted by atomic mass is 16.5. The first-order chi connectivity index (χ1) is 9.33. The topological polar surface area (TPSA) is 47.0 Å². The van der Waals surface area contributed by atoms with Gasteiger partial charge in [-0.3, -0.25) is 0 Å². The Morgan fingerprint density at radius 3 is 2.95 bits per heavy atom. The average molecular weight is 257 g/mol. The van der Waals surface area contributed by atoms with Crippen molar-refractivity contribution in [3.05, 3.63) is 42.4 Å². The van der Waals surface area contributed by atoms with Gasteiger partial charge in [0.05, 0.1) is 12.8 Å². The summed E-state index contributed by atoms with van der Waals surface area (Å²) in [5, 5.41) is 3.13. The zero-order valence-corrected chi connectivity index (χ0v) is 11.4. The number of methoxy groups -OCH3 is 1. The van der Waals surface area contributed by atoms with E-state index in [1.807, 2.05) is 43.6 Å². The molecule has 0 aliphatic carbocycles. The SMILES string of the molecule is CNCCCc1nccc(-c2cccc(OC)c2)n1. The Morgan fingerprint density at radius 1 is 1.26 bits per heavy atom. The van der Waals surface area contributed by atoms with E-state index in [4.69, 9.17) is 4.74 Å². The average Bonchev–Trinajstić information content (AvgIpc) is 2.48. The Labute approximate surface area is 113 Å². The Morgan fingerprint density at radius 2 is 2.16 bits per heavy atom. The molecular formula is C15H19N3O. The van der Waals surface area contributed by atoms with Crippen LogP contribution in [0.4, 0.5) is 0 Å². The third-order valence-corrected chi connectivity index (χ3v) is 2.90. The van der Waals surface area contributed by atoms with Crippen LogP contribution in [0.25, 0.3) is 11.3 Å². The highest BCUT2D eigenvalue weighted by molar-refractivity contribution is 5.60. The van der Waals surface area contributed by atoms with Crippen LogP contribution in [-0.4, -0.2) is 30.7 Å². The van der Waals surface area contributed by atoms with Gasteiger partial charge in [0.1, 0.15) is 11.6 Å². The molecule has 2 rings (SSSR count). The fourth-order valence-electron chi connectivity index (χ4n) is 1.89. The quantitative estimate of drug-likeness (QED) is 0.807. The molecule has 0 bridgehead atoms. The highest BCUT2D eigenvalue weighted by Crippen LogP contribution is 2.21. The van der Waals surface area contributed by atoms with Crippen LogP contribution in [0.5, 0.6) is 5.75 Å². The van der Waals surface area contributed by atoms with E-state index in [-0.39, 0.29) is 0 Å². The summed E-state index contributed by atoms with van der Waals surface area (Å²) in [6.07, 6.45) is 3.74. The van der Waals surface area contributed by atoms with Gasteiger partial charge in [-0.1, -0.05) is 12.1 Å². The molecule has 4 nitrogen and oxygen atoms in total. The fraction of sp³-hybridized carbons (Fsp3) is 0.333. The van der Waals surface area contributed by atoms with Crippen LogP contribution in [-0.2, 0) is 6.42 Å².